The van der Waals surface area contributed by atoms with Gasteiger partial charge >= 0.3 is 6.03 Å². The topological polar surface area (TPSA) is 74.9 Å². The molecule has 25 heavy (non-hydrogen) atoms. The molecule has 6 heteroatoms. The Morgan fingerprint density at radius 2 is 2.08 bits per heavy atom. The summed E-state index contributed by atoms with van der Waals surface area (Å²) in [5.41, 5.74) is 1.75. The molecule has 1 fully saturated rings. The fraction of sp³-hybridized carbons (Fsp3) is 0.421. The Labute approximate surface area is 147 Å². The predicted molar refractivity (Wildman–Crippen MR) is 94.0 cm³/mol. The molecule has 134 valence electrons. The SMILES string of the molecule is O=C(Nc1cccc(COCc2ccco2)c1)N1CCC(CO)CC1. The highest BCUT2D eigenvalue weighted by molar-refractivity contribution is 5.89. The zero-order valence-corrected chi connectivity index (χ0v) is 14.2. The van der Waals surface area contributed by atoms with Crippen LogP contribution in [0, 0.1) is 5.92 Å². The molecule has 2 aromatic rings. The van der Waals surface area contributed by atoms with Crippen LogP contribution >= 0.6 is 0 Å². The van der Waals surface area contributed by atoms with Gasteiger partial charge in [0.1, 0.15) is 12.4 Å². The summed E-state index contributed by atoms with van der Waals surface area (Å²) >= 11 is 0. The lowest BCUT2D eigenvalue weighted by molar-refractivity contribution is 0.0930. The van der Waals surface area contributed by atoms with Crippen LogP contribution in [0.5, 0.6) is 0 Å². The van der Waals surface area contributed by atoms with Crippen molar-refractivity contribution in [1.82, 2.24) is 4.90 Å². The number of amides is 2. The normalized spacial score (nSPS) is 15.3. The summed E-state index contributed by atoms with van der Waals surface area (Å²) in [5, 5.41) is 12.1. The number of aliphatic hydroxyl groups is 1. The maximum atomic E-state index is 12.4. The molecule has 1 aromatic heterocycles. The van der Waals surface area contributed by atoms with Gasteiger partial charge < -0.3 is 24.5 Å². The smallest absolute Gasteiger partial charge is 0.321 e. The highest BCUT2D eigenvalue weighted by Crippen LogP contribution is 2.18. The van der Waals surface area contributed by atoms with Crippen LogP contribution in [0.15, 0.2) is 47.1 Å². The molecule has 3 rings (SSSR count). The van der Waals surface area contributed by atoms with Crippen LogP contribution in [0.2, 0.25) is 0 Å². The maximum Gasteiger partial charge on any atom is 0.321 e. The van der Waals surface area contributed by atoms with E-state index in [9.17, 15) is 9.90 Å². The fourth-order valence-electron chi connectivity index (χ4n) is 2.92. The molecule has 0 unspecified atom stereocenters. The van der Waals surface area contributed by atoms with Gasteiger partial charge in [-0.15, -0.1) is 0 Å². The van der Waals surface area contributed by atoms with E-state index in [2.05, 4.69) is 5.32 Å². The maximum absolute atomic E-state index is 12.4. The molecule has 6 nitrogen and oxygen atoms in total. The lowest BCUT2D eigenvalue weighted by Gasteiger charge is -2.31. The van der Waals surface area contributed by atoms with Crippen LogP contribution in [0.25, 0.3) is 0 Å². The van der Waals surface area contributed by atoms with Crippen molar-refractivity contribution in [2.24, 2.45) is 5.92 Å². The quantitative estimate of drug-likeness (QED) is 0.844. The minimum atomic E-state index is -0.0926. The minimum Gasteiger partial charge on any atom is -0.467 e. The number of aliphatic hydroxyl groups excluding tert-OH is 1. The van der Waals surface area contributed by atoms with Gasteiger partial charge in [-0.05, 0) is 48.6 Å². The third-order valence-electron chi connectivity index (χ3n) is 4.43. The van der Waals surface area contributed by atoms with Gasteiger partial charge in [0.25, 0.3) is 0 Å². The van der Waals surface area contributed by atoms with E-state index in [1.807, 2.05) is 36.4 Å². The minimum absolute atomic E-state index is 0.0926. The largest absolute Gasteiger partial charge is 0.467 e. The van der Waals surface area contributed by atoms with Crippen LogP contribution in [-0.2, 0) is 18.0 Å². The molecule has 2 heterocycles. The Bertz CT molecular complexity index is 664. The lowest BCUT2D eigenvalue weighted by Crippen LogP contribution is -2.41. The lowest BCUT2D eigenvalue weighted by atomic mass is 9.98. The number of rotatable bonds is 6. The van der Waals surface area contributed by atoms with Gasteiger partial charge in [0.15, 0.2) is 0 Å². The first-order valence-corrected chi connectivity index (χ1v) is 8.60. The average Bonchev–Trinajstić information content (AvgIpc) is 3.15. The molecule has 0 aliphatic carbocycles. The number of furan rings is 1. The number of likely N-dealkylation sites (tertiary alicyclic amines) is 1. The molecule has 1 aromatic carbocycles. The van der Waals surface area contributed by atoms with Crippen LogP contribution in [-0.4, -0.2) is 35.7 Å². The molecule has 1 aliphatic rings. The van der Waals surface area contributed by atoms with Crippen molar-refractivity contribution in [2.75, 3.05) is 25.0 Å². The van der Waals surface area contributed by atoms with E-state index in [1.54, 1.807) is 11.2 Å². The van der Waals surface area contributed by atoms with Crippen molar-refractivity contribution < 1.29 is 19.1 Å². The van der Waals surface area contributed by atoms with Crippen molar-refractivity contribution >= 4 is 11.7 Å². The number of piperidine rings is 1. The first-order chi connectivity index (χ1) is 12.2. The van der Waals surface area contributed by atoms with E-state index < -0.39 is 0 Å². The number of benzene rings is 1. The summed E-state index contributed by atoms with van der Waals surface area (Å²) in [6.45, 7) is 2.44. The van der Waals surface area contributed by atoms with Gasteiger partial charge in [-0.3, -0.25) is 0 Å². The Morgan fingerprint density at radius 1 is 1.24 bits per heavy atom. The molecular weight excluding hydrogens is 320 g/mol. The van der Waals surface area contributed by atoms with E-state index >= 15 is 0 Å². The number of carbonyl (C=O) groups is 1. The van der Waals surface area contributed by atoms with Gasteiger partial charge in [-0.25, -0.2) is 4.79 Å². The molecule has 1 aliphatic heterocycles. The Morgan fingerprint density at radius 3 is 2.80 bits per heavy atom. The third-order valence-corrected chi connectivity index (χ3v) is 4.43. The molecule has 0 atom stereocenters. The number of nitrogens with one attached hydrogen (secondary N) is 1. The van der Waals surface area contributed by atoms with Gasteiger partial charge in [-0.2, -0.15) is 0 Å². The Hall–Kier alpha value is -2.31. The number of urea groups is 1. The monoisotopic (exact) mass is 344 g/mol. The van der Waals surface area contributed by atoms with Crippen molar-refractivity contribution in [2.45, 2.75) is 26.1 Å². The molecule has 0 radical (unpaired) electrons. The molecule has 0 saturated carbocycles. The van der Waals surface area contributed by atoms with E-state index in [0.29, 0.717) is 32.2 Å². The second kappa shape index (κ2) is 8.69. The first kappa shape index (κ1) is 17.5. The van der Waals surface area contributed by atoms with E-state index in [1.165, 1.54) is 0 Å². The number of hydrogen-bond donors (Lipinski definition) is 2. The summed E-state index contributed by atoms with van der Waals surface area (Å²) in [6, 6.07) is 11.3. The number of nitrogens with zero attached hydrogens (tertiary/aromatic N) is 1. The van der Waals surface area contributed by atoms with Crippen molar-refractivity contribution in [3.63, 3.8) is 0 Å². The number of hydrogen-bond acceptors (Lipinski definition) is 4. The summed E-state index contributed by atoms with van der Waals surface area (Å²) in [5.74, 6) is 1.11. The molecular formula is C19H24N2O4. The molecule has 0 spiro atoms. The van der Waals surface area contributed by atoms with Gasteiger partial charge in [-0.1, -0.05) is 12.1 Å². The molecule has 1 saturated heterocycles. The summed E-state index contributed by atoms with van der Waals surface area (Å²) in [7, 11) is 0. The average molecular weight is 344 g/mol. The first-order valence-electron chi connectivity index (χ1n) is 8.60. The number of ether oxygens (including phenoxy) is 1. The van der Waals surface area contributed by atoms with Crippen LogP contribution in [0.4, 0.5) is 10.5 Å². The third kappa shape index (κ3) is 5.08. The molecule has 2 N–H and O–H groups in total. The molecule has 0 bridgehead atoms. The van der Waals surface area contributed by atoms with Gasteiger partial charge in [0.05, 0.1) is 12.9 Å². The fourth-order valence-corrected chi connectivity index (χ4v) is 2.92. The number of anilines is 1. The van der Waals surface area contributed by atoms with Crippen LogP contribution in [0.3, 0.4) is 0 Å². The molecule has 2 amide bonds. The zero-order valence-electron chi connectivity index (χ0n) is 14.2. The summed E-state index contributed by atoms with van der Waals surface area (Å²) in [4.78, 5) is 14.1. The van der Waals surface area contributed by atoms with Gasteiger partial charge in [0.2, 0.25) is 0 Å². The standard InChI is InChI=1S/C19H24N2O4/c22-12-15-6-8-21(9-7-15)19(23)20-17-4-1-3-16(11-17)13-24-14-18-5-2-10-25-18/h1-5,10-11,15,22H,6-9,12-14H2,(H,20,23). The van der Waals surface area contributed by atoms with Crippen molar-refractivity contribution in [3.05, 3.63) is 54.0 Å². The van der Waals surface area contributed by atoms with Crippen LogP contribution in [0.1, 0.15) is 24.2 Å². The summed E-state index contributed by atoms with van der Waals surface area (Å²) < 4.78 is 10.9. The zero-order chi connectivity index (χ0) is 17.5. The van der Waals surface area contributed by atoms with Gasteiger partial charge in [0, 0.05) is 25.4 Å². The highest BCUT2D eigenvalue weighted by Gasteiger charge is 2.22. The Kier molecular flexibility index (Phi) is 6.09. The van der Waals surface area contributed by atoms with E-state index in [0.717, 1.165) is 29.9 Å². The number of carbonyl (C=O) groups excluding carboxylic acids is 1. The van der Waals surface area contributed by atoms with E-state index in [4.69, 9.17) is 9.15 Å². The van der Waals surface area contributed by atoms with E-state index in [-0.39, 0.29) is 12.6 Å². The predicted octanol–water partition coefficient (Wildman–Crippen LogP) is 3.23. The summed E-state index contributed by atoms with van der Waals surface area (Å²) in [6.07, 6.45) is 3.33. The second-order valence-electron chi connectivity index (χ2n) is 6.32. The second-order valence-corrected chi connectivity index (χ2v) is 6.32. The van der Waals surface area contributed by atoms with Crippen LogP contribution < -0.4 is 5.32 Å². The highest BCUT2D eigenvalue weighted by atomic mass is 16.5. The van der Waals surface area contributed by atoms with Crippen molar-refractivity contribution in [1.29, 1.82) is 0 Å². The van der Waals surface area contributed by atoms with Crippen molar-refractivity contribution in [3.8, 4) is 0 Å². The Balaban J connectivity index is 1.48.